The molecule has 0 saturated carbocycles. The summed E-state index contributed by atoms with van der Waals surface area (Å²) in [6.07, 6.45) is 0. The zero-order valence-corrected chi connectivity index (χ0v) is 7.88. The summed E-state index contributed by atoms with van der Waals surface area (Å²) in [5.41, 5.74) is 0.536. The normalized spacial score (nSPS) is 12.1. The molecule has 0 bridgehead atoms. The lowest BCUT2D eigenvalue weighted by molar-refractivity contribution is 0.463. The summed E-state index contributed by atoms with van der Waals surface area (Å²) in [5, 5.41) is 14.5. The van der Waals surface area contributed by atoms with Gasteiger partial charge in [0.05, 0.1) is 5.52 Å². The van der Waals surface area contributed by atoms with E-state index in [-0.39, 0.29) is 10.8 Å². The molecule has 0 amide bonds. The number of aromatic amines is 1. The first-order valence-electron chi connectivity index (χ1n) is 3.82. The first-order valence-corrected chi connectivity index (χ1v) is 5.37. The molecule has 2 rings (SSSR count). The summed E-state index contributed by atoms with van der Waals surface area (Å²) in [7, 11) is -3.90. The van der Waals surface area contributed by atoms with E-state index in [0.29, 0.717) is 10.9 Å². The highest BCUT2D eigenvalue weighted by molar-refractivity contribution is 7.89. The fourth-order valence-electron chi connectivity index (χ4n) is 1.31. The molecule has 4 N–H and O–H groups in total. The van der Waals surface area contributed by atoms with Gasteiger partial charge in [-0.05, 0) is 12.1 Å². The van der Waals surface area contributed by atoms with Crippen LogP contribution < -0.4 is 5.14 Å². The van der Waals surface area contributed by atoms with Crippen LogP contribution in [-0.4, -0.2) is 18.5 Å². The van der Waals surface area contributed by atoms with Crippen molar-refractivity contribution < 1.29 is 13.5 Å². The second-order valence-corrected chi connectivity index (χ2v) is 4.39. The van der Waals surface area contributed by atoms with Gasteiger partial charge in [-0.15, -0.1) is 0 Å². The molecule has 2 aromatic rings. The minimum absolute atomic E-state index is 0.330. The highest BCUT2D eigenvalue weighted by atomic mass is 32.2. The van der Waals surface area contributed by atoms with Crippen LogP contribution in [0.3, 0.4) is 0 Å². The van der Waals surface area contributed by atoms with Crippen LogP contribution in [0.2, 0.25) is 0 Å². The molecule has 5 nitrogen and oxygen atoms in total. The number of para-hydroxylation sites is 1. The molecule has 0 saturated heterocycles. The molecule has 0 fully saturated rings. The number of H-pyrrole nitrogens is 1. The monoisotopic (exact) mass is 212 g/mol. The van der Waals surface area contributed by atoms with Gasteiger partial charge in [-0.3, -0.25) is 0 Å². The van der Waals surface area contributed by atoms with Crippen molar-refractivity contribution >= 4 is 20.9 Å². The van der Waals surface area contributed by atoms with Gasteiger partial charge in [-0.1, -0.05) is 12.1 Å². The van der Waals surface area contributed by atoms with Gasteiger partial charge in [0.25, 0.3) is 10.0 Å². The van der Waals surface area contributed by atoms with Crippen LogP contribution in [0.25, 0.3) is 10.9 Å². The molecule has 0 aliphatic rings. The number of nitrogens with one attached hydrogen (secondary N) is 1. The van der Waals surface area contributed by atoms with Gasteiger partial charge in [0.2, 0.25) is 0 Å². The van der Waals surface area contributed by atoms with Crippen LogP contribution in [-0.2, 0) is 10.0 Å². The molecule has 1 aromatic heterocycles. The molecule has 6 heteroatoms. The molecule has 0 aliphatic heterocycles. The van der Waals surface area contributed by atoms with E-state index in [0.717, 1.165) is 0 Å². The molecule has 1 aromatic carbocycles. The molecule has 74 valence electrons. The maximum Gasteiger partial charge on any atom is 0.257 e. The Morgan fingerprint density at radius 2 is 1.93 bits per heavy atom. The molecule has 0 unspecified atom stereocenters. The second-order valence-electron chi connectivity index (χ2n) is 2.89. The first kappa shape index (κ1) is 9.04. The van der Waals surface area contributed by atoms with Crippen molar-refractivity contribution in [3.8, 4) is 5.75 Å². The van der Waals surface area contributed by atoms with Gasteiger partial charge in [-0.25, -0.2) is 13.6 Å². The van der Waals surface area contributed by atoms with Crippen molar-refractivity contribution in [1.29, 1.82) is 0 Å². The zero-order chi connectivity index (χ0) is 10.3. The molecule has 0 atom stereocenters. The van der Waals surface area contributed by atoms with Crippen LogP contribution in [0.15, 0.2) is 29.3 Å². The van der Waals surface area contributed by atoms with Gasteiger partial charge in [0, 0.05) is 5.39 Å². The fraction of sp³-hybridized carbons (Fsp3) is 0. The first-order chi connectivity index (χ1) is 6.50. The smallest absolute Gasteiger partial charge is 0.257 e. The third-order valence-corrected chi connectivity index (χ3v) is 2.79. The summed E-state index contributed by atoms with van der Waals surface area (Å²) < 4.78 is 22.0. The molecule has 1 heterocycles. The minimum atomic E-state index is -3.90. The Bertz CT molecular complexity index is 586. The summed E-state index contributed by atoms with van der Waals surface area (Å²) in [5.74, 6) is -0.330. The lowest BCUT2D eigenvalue weighted by atomic mass is 10.2. The van der Waals surface area contributed by atoms with E-state index in [1.807, 2.05) is 0 Å². The van der Waals surface area contributed by atoms with Crippen LogP contribution in [0.5, 0.6) is 5.75 Å². The summed E-state index contributed by atoms with van der Waals surface area (Å²) >= 11 is 0. The molecule has 14 heavy (non-hydrogen) atoms. The Balaban J connectivity index is 2.89. The number of primary sulfonamides is 1. The Kier molecular flexibility index (Phi) is 1.76. The number of aromatic hydroxyl groups is 1. The highest BCUT2D eigenvalue weighted by Crippen LogP contribution is 2.30. The van der Waals surface area contributed by atoms with Crippen molar-refractivity contribution in [2.75, 3.05) is 0 Å². The number of aromatic nitrogens is 1. The van der Waals surface area contributed by atoms with E-state index in [1.165, 1.54) is 0 Å². The SMILES string of the molecule is NS(=O)(=O)c1[nH]c2ccccc2c1O. The standard InChI is InChI=1S/C8H8N2O3S/c9-14(12,13)8-7(11)5-3-1-2-4-6(5)10-8/h1-4,10-11H,(H2,9,12,13). The van der Waals surface area contributed by atoms with Crippen molar-refractivity contribution in [1.82, 2.24) is 4.98 Å². The maximum atomic E-state index is 11.0. The molecular weight excluding hydrogens is 204 g/mol. The Morgan fingerprint density at radius 1 is 1.29 bits per heavy atom. The number of hydrogen-bond donors (Lipinski definition) is 3. The Hall–Kier alpha value is -1.53. The topological polar surface area (TPSA) is 96.2 Å². The number of rotatable bonds is 1. The van der Waals surface area contributed by atoms with E-state index in [1.54, 1.807) is 24.3 Å². The third kappa shape index (κ3) is 1.24. The van der Waals surface area contributed by atoms with Crippen LogP contribution in [0.4, 0.5) is 0 Å². The van der Waals surface area contributed by atoms with Crippen molar-refractivity contribution in [2.24, 2.45) is 5.14 Å². The number of hydrogen-bond acceptors (Lipinski definition) is 3. The van der Waals surface area contributed by atoms with Gasteiger partial charge < -0.3 is 10.1 Å². The zero-order valence-electron chi connectivity index (χ0n) is 7.06. The predicted molar refractivity (Wildman–Crippen MR) is 51.3 cm³/mol. The molecule has 0 radical (unpaired) electrons. The van der Waals surface area contributed by atoms with E-state index in [2.05, 4.69) is 4.98 Å². The van der Waals surface area contributed by atoms with Crippen LogP contribution in [0.1, 0.15) is 0 Å². The lowest BCUT2D eigenvalue weighted by Gasteiger charge is -1.92. The van der Waals surface area contributed by atoms with Gasteiger partial charge in [0.15, 0.2) is 10.8 Å². The van der Waals surface area contributed by atoms with E-state index in [9.17, 15) is 13.5 Å². The summed E-state index contributed by atoms with van der Waals surface area (Å²) in [6, 6.07) is 6.69. The molecule has 0 spiro atoms. The average molecular weight is 212 g/mol. The largest absolute Gasteiger partial charge is 0.504 e. The average Bonchev–Trinajstić information content (AvgIpc) is 2.44. The summed E-state index contributed by atoms with van der Waals surface area (Å²) in [4.78, 5) is 2.54. The molecular formula is C8H8N2O3S. The van der Waals surface area contributed by atoms with Gasteiger partial charge in [0.1, 0.15) is 0 Å². The lowest BCUT2D eigenvalue weighted by Crippen LogP contribution is -2.12. The van der Waals surface area contributed by atoms with Crippen molar-refractivity contribution in [3.05, 3.63) is 24.3 Å². The van der Waals surface area contributed by atoms with Crippen molar-refractivity contribution in [2.45, 2.75) is 5.03 Å². The second kappa shape index (κ2) is 2.73. The quantitative estimate of drug-likeness (QED) is 0.643. The Morgan fingerprint density at radius 3 is 2.50 bits per heavy atom. The fourth-order valence-corrected chi connectivity index (χ4v) is 1.94. The van der Waals surface area contributed by atoms with Crippen LogP contribution >= 0.6 is 0 Å². The number of sulfonamides is 1. The highest BCUT2D eigenvalue weighted by Gasteiger charge is 2.18. The van der Waals surface area contributed by atoms with Gasteiger partial charge >= 0.3 is 0 Å². The van der Waals surface area contributed by atoms with E-state index >= 15 is 0 Å². The maximum absolute atomic E-state index is 11.0. The number of fused-ring (bicyclic) bond motifs is 1. The third-order valence-electron chi connectivity index (χ3n) is 1.93. The van der Waals surface area contributed by atoms with Gasteiger partial charge in [-0.2, -0.15) is 0 Å². The minimum Gasteiger partial charge on any atom is -0.504 e. The molecule has 0 aliphatic carbocycles. The predicted octanol–water partition coefficient (Wildman–Crippen LogP) is 0.521. The van der Waals surface area contributed by atoms with E-state index in [4.69, 9.17) is 5.14 Å². The van der Waals surface area contributed by atoms with Crippen LogP contribution in [0, 0.1) is 0 Å². The summed E-state index contributed by atoms with van der Waals surface area (Å²) in [6.45, 7) is 0. The van der Waals surface area contributed by atoms with E-state index < -0.39 is 10.0 Å². The van der Waals surface area contributed by atoms with Crippen molar-refractivity contribution in [3.63, 3.8) is 0 Å². The number of benzene rings is 1. The Labute approximate surface area is 80.2 Å². The number of nitrogens with two attached hydrogens (primary N) is 1.